The van der Waals surface area contributed by atoms with E-state index in [2.05, 4.69) is 40.7 Å². The molecule has 0 amide bonds. The third-order valence-corrected chi connectivity index (χ3v) is 23.0. The molecule has 5 heterocycles. The first-order chi connectivity index (χ1) is 41.3. The van der Waals surface area contributed by atoms with E-state index >= 15 is 4.79 Å². The number of esters is 2. The summed E-state index contributed by atoms with van der Waals surface area (Å²) in [5, 5.41) is 165. The van der Waals surface area contributed by atoms with E-state index in [1.165, 1.54) is 21.1 Å². The number of hydrogen-bond acceptors (Lipinski definition) is 29. The van der Waals surface area contributed by atoms with Gasteiger partial charge in [-0.1, -0.05) is 46.3 Å². The fourth-order valence-electron chi connectivity index (χ4n) is 17.7. The summed E-state index contributed by atoms with van der Waals surface area (Å²) in [5.41, 5.74) is -7.31. The summed E-state index contributed by atoms with van der Waals surface area (Å²) in [5.74, 6) is -3.27. The maximum atomic E-state index is 15.5. The summed E-state index contributed by atoms with van der Waals surface area (Å²) in [4.78, 5) is 30.1. The van der Waals surface area contributed by atoms with Crippen LogP contribution < -0.4 is 0 Å². The molecule has 32 atom stereocenters. The van der Waals surface area contributed by atoms with Gasteiger partial charge in [0.25, 0.3) is 0 Å². The molecule has 0 radical (unpaired) electrons. The van der Waals surface area contributed by atoms with Gasteiger partial charge in [-0.2, -0.15) is 0 Å². The van der Waals surface area contributed by atoms with Crippen molar-refractivity contribution in [1.82, 2.24) is 0 Å². The van der Waals surface area contributed by atoms with Gasteiger partial charge < -0.3 is 133 Å². The third kappa shape index (κ3) is 10.8. The van der Waals surface area contributed by atoms with Crippen molar-refractivity contribution < 1.29 is 143 Å². The minimum atomic E-state index is -2.08. The second-order valence-corrected chi connectivity index (χ2v) is 28.2. The van der Waals surface area contributed by atoms with E-state index in [1.54, 1.807) is 0 Å². The molecule has 5 saturated heterocycles. The summed E-state index contributed by atoms with van der Waals surface area (Å²) < 4.78 is 70.6. The van der Waals surface area contributed by atoms with E-state index in [-0.39, 0.29) is 30.6 Å². The number of fused-ring (bicyclic) bond motifs is 7. The molecule has 0 aromatic carbocycles. The molecule has 15 N–H and O–H groups in total. The topological polar surface area (TPSA) is 448 Å². The van der Waals surface area contributed by atoms with Crippen molar-refractivity contribution >= 4 is 11.9 Å². The van der Waals surface area contributed by atoms with Gasteiger partial charge in [-0.15, -0.1) is 0 Å². The van der Waals surface area contributed by atoms with Gasteiger partial charge in [0.15, 0.2) is 31.3 Å². The van der Waals surface area contributed by atoms with Crippen molar-refractivity contribution in [2.24, 2.45) is 50.2 Å². The van der Waals surface area contributed by atoms with Crippen LogP contribution >= 0.6 is 0 Å². The number of ether oxygens (including phenoxy) is 12. The van der Waals surface area contributed by atoms with Crippen LogP contribution in [0.2, 0.25) is 0 Å². The highest BCUT2D eigenvalue weighted by atomic mass is 16.8. The Hall–Kier alpha value is -2.32. The van der Waals surface area contributed by atoms with E-state index in [4.69, 9.17) is 56.8 Å². The molecule has 0 bridgehead atoms. The molecule has 29 nitrogen and oxygen atoms in total. The average molecular weight is 1270 g/mol. The number of aliphatic hydroxyl groups is 15. The van der Waals surface area contributed by atoms with Crippen LogP contribution in [-0.4, -0.2) is 289 Å². The van der Waals surface area contributed by atoms with Crippen molar-refractivity contribution in [3.05, 3.63) is 11.6 Å². The van der Waals surface area contributed by atoms with Gasteiger partial charge in [0.05, 0.1) is 65.1 Å². The molecule has 5 aliphatic carbocycles. The third-order valence-electron chi connectivity index (χ3n) is 23.0. The molecule has 29 heteroatoms. The fourth-order valence-corrected chi connectivity index (χ4v) is 17.7. The van der Waals surface area contributed by atoms with Crippen LogP contribution in [-0.2, 0) is 66.4 Å². The summed E-state index contributed by atoms with van der Waals surface area (Å²) in [6.07, 6.45) is -32.7. The normalized spacial score (nSPS) is 53.6. The van der Waals surface area contributed by atoms with Crippen molar-refractivity contribution in [2.75, 3.05) is 53.9 Å². The molecule has 10 rings (SSSR count). The first-order valence-corrected chi connectivity index (χ1v) is 30.7. The lowest BCUT2D eigenvalue weighted by molar-refractivity contribution is -0.372. The van der Waals surface area contributed by atoms with Crippen molar-refractivity contribution in [1.29, 1.82) is 0 Å². The first-order valence-electron chi connectivity index (χ1n) is 30.7. The number of allylic oxidation sites excluding steroid dienone is 2. The van der Waals surface area contributed by atoms with Crippen LogP contribution in [0.25, 0.3) is 0 Å². The van der Waals surface area contributed by atoms with Gasteiger partial charge in [0, 0.05) is 7.11 Å². The number of aliphatic hydroxyl groups excluding tert-OH is 14. The van der Waals surface area contributed by atoms with Crippen molar-refractivity contribution in [3.8, 4) is 0 Å². The van der Waals surface area contributed by atoms with E-state index in [0.717, 1.165) is 5.57 Å². The zero-order chi connectivity index (χ0) is 64.3. The Morgan fingerprint density at radius 1 is 0.625 bits per heavy atom. The summed E-state index contributed by atoms with van der Waals surface area (Å²) in [7, 11) is 2.62. The molecule has 0 spiro atoms. The number of carbonyl (C=O) groups excluding carboxylic acids is 2. The second kappa shape index (κ2) is 25.1. The van der Waals surface area contributed by atoms with Crippen LogP contribution in [0.15, 0.2) is 11.6 Å². The molecule has 88 heavy (non-hydrogen) atoms. The highest BCUT2D eigenvalue weighted by Crippen LogP contribution is 2.76. The molecule has 4 saturated carbocycles. The monoisotopic (exact) mass is 1270 g/mol. The number of hydrogen-bond donors (Lipinski definition) is 15. The maximum Gasteiger partial charge on any atom is 0.317 e. The summed E-state index contributed by atoms with van der Waals surface area (Å²) in [6.45, 7) is 7.94. The molecule has 504 valence electrons. The van der Waals surface area contributed by atoms with Gasteiger partial charge in [0.1, 0.15) is 102 Å². The van der Waals surface area contributed by atoms with Crippen LogP contribution in [0.1, 0.15) is 92.9 Å². The predicted molar refractivity (Wildman–Crippen MR) is 291 cm³/mol. The van der Waals surface area contributed by atoms with Crippen molar-refractivity contribution in [3.63, 3.8) is 0 Å². The van der Waals surface area contributed by atoms with Gasteiger partial charge in [-0.05, 0) is 97.7 Å². The molecule has 10 aliphatic rings. The lowest BCUT2D eigenvalue weighted by Crippen LogP contribution is -2.72. The average Bonchev–Trinajstić information content (AvgIpc) is 0.701. The lowest BCUT2D eigenvalue weighted by atomic mass is 9.33. The van der Waals surface area contributed by atoms with E-state index in [1.807, 2.05) is 0 Å². The molecular weight excluding hydrogens is 1170 g/mol. The van der Waals surface area contributed by atoms with E-state index in [0.29, 0.717) is 32.1 Å². The predicted octanol–water partition coefficient (Wildman–Crippen LogP) is -4.54. The first kappa shape index (κ1) is 68.5. The Morgan fingerprint density at radius 3 is 1.92 bits per heavy atom. The minimum Gasteiger partial charge on any atom is -0.468 e. The maximum absolute atomic E-state index is 15.5. The quantitative estimate of drug-likeness (QED) is 0.0417. The number of methoxy groups -OCH3 is 2. The summed E-state index contributed by atoms with van der Waals surface area (Å²) >= 11 is 0. The number of rotatable bonds is 15. The Morgan fingerprint density at radius 2 is 1.27 bits per heavy atom. The molecule has 5 aliphatic heterocycles. The highest BCUT2D eigenvalue weighted by Gasteiger charge is 2.75. The van der Waals surface area contributed by atoms with Crippen LogP contribution in [0.5, 0.6) is 0 Å². The minimum absolute atomic E-state index is 0.0649. The number of carbonyl (C=O) groups is 2. The lowest BCUT2D eigenvalue weighted by Gasteiger charge is -2.72. The Kier molecular flexibility index (Phi) is 19.6. The van der Waals surface area contributed by atoms with Crippen LogP contribution in [0, 0.1) is 50.2 Å². The zero-order valence-electron chi connectivity index (χ0n) is 50.9. The summed E-state index contributed by atoms with van der Waals surface area (Å²) in [6, 6.07) is 0. The van der Waals surface area contributed by atoms with E-state index in [9.17, 15) is 81.4 Å². The molecule has 12 unspecified atom stereocenters. The van der Waals surface area contributed by atoms with Crippen LogP contribution in [0.4, 0.5) is 0 Å². The largest absolute Gasteiger partial charge is 0.468 e. The smallest absolute Gasteiger partial charge is 0.317 e. The van der Waals surface area contributed by atoms with Crippen LogP contribution in [0.3, 0.4) is 0 Å². The SMILES string of the molecule is COC(=O)C1(CO)C(O[C@@H]2O[C@H](CO)[C@@H](O)[C@H](O)[C@H]2O)C(OC)CC2(C)C1CCC1(C)C2CC=C2C3CC(C)(C)CCC3(C(=O)O[C@@H]3OC[C@H](O)[C@H](O)[C@H]3O[C@@H]3O[C@H](C)[C@H](O[C@@H]4OC[C@@H](O)[C@H](O[C@@H]5OCC(O)(CO)[C@H]5O)[C@H]4O)[C@@H](O)[C@H]3O)C(O)CC21C. The highest BCUT2D eigenvalue weighted by molar-refractivity contribution is 5.80. The molecule has 9 fully saturated rings. The standard InChI is InChI=1S/C59H94O29/c1-24-41(84-46-40(72)42(28(64)20-79-46)85-50-44(73)57(76,21-61)23-81-50)37(69)39(71)47(82-24)86-43-34(66)27(63)19-80-49(43)88-52(75)58-14-13-53(2,3)15-26(58)25-9-10-31-54(4)16-29(77-7)45(87-48-38(70)36(68)35(67)30(18-60)83-48)59(22-62,51(74)78-8)32(54)11-12-55(31,5)56(25,6)17-33(58)65/h9,24,26-50,60-73,76H,10-23H2,1-8H3/t24-,26?,27+,28-,29?,30-,31?,32?,33?,34+,35-,36+,37+,38-,39-,40-,41+,42+,43-,44+,45?,46+,47+,48+,49+,50+,54?,55?,56?,57?,58?,59?/m1/s1. The van der Waals surface area contributed by atoms with Crippen molar-refractivity contribution in [2.45, 2.75) is 240 Å². The van der Waals surface area contributed by atoms with Gasteiger partial charge >= 0.3 is 11.9 Å². The molecule has 0 aromatic rings. The molecule has 0 aromatic heterocycles. The van der Waals surface area contributed by atoms with Gasteiger partial charge in [-0.3, -0.25) is 9.59 Å². The zero-order valence-corrected chi connectivity index (χ0v) is 50.9. The van der Waals surface area contributed by atoms with E-state index < -0.39 is 237 Å². The fraction of sp³-hybridized carbons (Fsp3) is 0.932. The van der Waals surface area contributed by atoms with Gasteiger partial charge in [0.2, 0.25) is 6.29 Å². The Labute approximate surface area is 509 Å². The second-order valence-electron chi connectivity index (χ2n) is 28.2. The Bertz CT molecular complexity index is 2510. The van der Waals surface area contributed by atoms with Gasteiger partial charge in [-0.25, -0.2) is 0 Å². The molecular formula is C59H94O29. The Balaban J connectivity index is 0.884.